The molecule has 1 aliphatic heterocycles. The van der Waals surface area contributed by atoms with Gasteiger partial charge in [0.1, 0.15) is 5.75 Å². The molecule has 0 amide bonds. The zero-order chi connectivity index (χ0) is 12.4. The number of benzene rings is 1. The minimum absolute atomic E-state index is 0.214. The lowest BCUT2D eigenvalue weighted by Crippen LogP contribution is -2.18. The number of ether oxygens (including phenoxy) is 1. The molecule has 2 nitrogen and oxygen atoms in total. The molecule has 1 aromatic carbocycles. The summed E-state index contributed by atoms with van der Waals surface area (Å²) in [5.41, 5.74) is 2.86. The number of hydrogen-bond acceptors (Lipinski definition) is 2. The zero-order valence-corrected chi connectivity index (χ0v) is 12.3. The molecule has 1 atom stereocenters. The van der Waals surface area contributed by atoms with Crippen molar-refractivity contribution < 1.29 is 4.74 Å². The second-order valence-corrected chi connectivity index (χ2v) is 5.86. The van der Waals surface area contributed by atoms with Crippen molar-refractivity contribution >= 4 is 15.9 Å². The predicted molar refractivity (Wildman–Crippen MR) is 74.9 cm³/mol. The number of rotatable bonds is 2. The van der Waals surface area contributed by atoms with E-state index >= 15 is 0 Å². The van der Waals surface area contributed by atoms with Crippen LogP contribution >= 0.6 is 15.9 Å². The molecule has 0 aliphatic carbocycles. The van der Waals surface area contributed by atoms with E-state index in [0.717, 1.165) is 29.7 Å². The van der Waals surface area contributed by atoms with Crippen LogP contribution in [0.15, 0.2) is 16.6 Å². The van der Waals surface area contributed by atoms with Gasteiger partial charge in [0, 0.05) is 6.54 Å². The van der Waals surface area contributed by atoms with Crippen molar-refractivity contribution in [1.29, 1.82) is 0 Å². The molecule has 0 saturated carbocycles. The number of hydrogen-bond donors (Lipinski definition) is 1. The molecule has 94 valence electrons. The van der Waals surface area contributed by atoms with Gasteiger partial charge in [0.2, 0.25) is 0 Å². The summed E-state index contributed by atoms with van der Waals surface area (Å²) in [6.45, 7) is 8.50. The Morgan fingerprint density at radius 3 is 2.88 bits per heavy atom. The van der Waals surface area contributed by atoms with Gasteiger partial charge < -0.3 is 10.1 Å². The van der Waals surface area contributed by atoms with Gasteiger partial charge in [0.15, 0.2) is 0 Å². The molecule has 3 heteroatoms. The lowest BCUT2D eigenvalue weighted by molar-refractivity contribution is 0.240. The third-order valence-electron chi connectivity index (χ3n) is 3.11. The Hall–Kier alpha value is -0.540. The van der Waals surface area contributed by atoms with Gasteiger partial charge in [-0.15, -0.1) is 0 Å². The molecule has 0 saturated heterocycles. The SMILES string of the molecule is CC(C)Oc1cc2c(cc1Br)[C@@H](C)CNCC2. The number of nitrogens with one attached hydrogen (secondary N) is 1. The number of halogens is 1. The van der Waals surface area contributed by atoms with Crippen molar-refractivity contribution in [3.8, 4) is 5.75 Å². The van der Waals surface area contributed by atoms with E-state index in [1.54, 1.807) is 0 Å². The molecule has 0 radical (unpaired) electrons. The van der Waals surface area contributed by atoms with E-state index in [0.29, 0.717) is 5.92 Å². The topological polar surface area (TPSA) is 21.3 Å². The lowest BCUT2D eigenvalue weighted by Gasteiger charge is -2.17. The molecule has 1 N–H and O–H groups in total. The van der Waals surface area contributed by atoms with Crippen LogP contribution in [-0.2, 0) is 6.42 Å². The third kappa shape index (κ3) is 3.02. The van der Waals surface area contributed by atoms with Crippen LogP contribution < -0.4 is 10.1 Å². The summed E-state index contributed by atoms with van der Waals surface area (Å²) >= 11 is 3.61. The molecule has 2 rings (SSSR count). The molecule has 17 heavy (non-hydrogen) atoms. The van der Waals surface area contributed by atoms with Gasteiger partial charge >= 0.3 is 0 Å². The van der Waals surface area contributed by atoms with Gasteiger partial charge in [-0.2, -0.15) is 0 Å². The average Bonchev–Trinajstić information content (AvgIpc) is 2.42. The Morgan fingerprint density at radius 2 is 2.18 bits per heavy atom. The molecule has 1 aliphatic rings. The van der Waals surface area contributed by atoms with E-state index in [4.69, 9.17) is 4.74 Å². The highest BCUT2D eigenvalue weighted by atomic mass is 79.9. The first-order valence-electron chi connectivity index (χ1n) is 6.27. The van der Waals surface area contributed by atoms with E-state index in [9.17, 15) is 0 Å². The van der Waals surface area contributed by atoms with Crippen LogP contribution in [0.1, 0.15) is 37.8 Å². The second-order valence-electron chi connectivity index (χ2n) is 5.00. The highest BCUT2D eigenvalue weighted by Gasteiger charge is 2.17. The first kappa shape index (κ1) is 12.9. The largest absolute Gasteiger partial charge is 0.490 e. The summed E-state index contributed by atoms with van der Waals surface area (Å²) < 4.78 is 6.89. The fraction of sp³-hybridized carbons (Fsp3) is 0.571. The third-order valence-corrected chi connectivity index (χ3v) is 3.73. The van der Waals surface area contributed by atoms with Crippen LogP contribution in [0.2, 0.25) is 0 Å². The van der Waals surface area contributed by atoms with Crippen LogP contribution in [0.25, 0.3) is 0 Å². The Bertz CT molecular complexity index is 403. The monoisotopic (exact) mass is 297 g/mol. The highest BCUT2D eigenvalue weighted by Crippen LogP contribution is 2.33. The molecular weight excluding hydrogens is 278 g/mol. The number of fused-ring (bicyclic) bond motifs is 1. The Morgan fingerprint density at radius 1 is 1.41 bits per heavy atom. The fourth-order valence-corrected chi connectivity index (χ4v) is 2.74. The van der Waals surface area contributed by atoms with Gasteiger partial charge in [-0.1, -0.05) is 6.92 Å². The molecule has 0 aromatic heterocycles. The molecule has 1 aromatic rings. The van der Waals surface area contributed by atoms with Gasteiger partial charge in [-0.3, -0.25) is 0 Å². The Balaban J connectivity index is 2.37. The summed E-state index contributed by atoms with van der Waals surface area (Å²) in [6, 6.07) is 4.42. The molecule has 0 spiro atoms. The van der Waals surface area contributed by atoms with Gasteiger partial charge in [-0.25, -0.2) is 0 Å². The first-order chi connectivity index (χ1) is 8.08. The van der Waals surface area contributed by atoms with E-state index in [1.807, 2.05) is 0 Å². The van der Waals surface area contributed by atoms with E-state index < -0.39 is 0 Å². The minimum atomic E-state index is 0.214. The van der Waals surface area contributed by atoms with Gasteiger partial charge in [0.05, 0.1) is 10.6 Å². The average molecular weight is 298 g/mol. The predicted octanol–water partition coefficient (Wildman–Crippen LogP) is 3.49. The van der Waals surface area contributed by atoms with Gasteiger partial charge in [0.25, 0.3) is 0 Å². The molecule has 0 unspecified atom stereocenters. The van der Waals surface area contributed by atoms with Crippen molar-refractivity contribution in [2.45, 2.75) is 39.2 Å². The van der Waals surface area contributed by atoms with Crippen LogP contribution in [0.4, 0.5) is 0 Å². The fourth-order valence-electron chi connectivity index (χ4n) is 2.28. The second kappa shape index (κ2) is 5.40. The maximum atomic E-state index is 5.82. The van der Waals surface area contributed by atoms with Crippen LogP contribution in [0.5, 0.6) is 5.75 Å². The van der Waals surface area contributed by atoms with E-state index in [1.165, 1.54) is 11.1 Å². The summed E-state index contributed by atoms with van der Waals surface area (Å²) in [5.74, 6) is 1.53. The van der Waals surface area contributed by atoms with Crippen LogP contribution in [-0.4, -0.2) is 19.2 Å². The molecule has 0 fully saturated rings. The van der Waals surface area contributed by atoms with Crippen molar-refractivity contribution in [1.82, 2.24) is 5.32 Å². The summed E-state index contributed by atoms with van der Waals surface area (Å²) in [6.07, 6.45) is 1.30. The van der Waals surface area contributed by atoms with Crippen molar-refractivity contribution in [2.24, 2.45) is 0 Å². The standard InChI is InChI=1S/C14H20BrNO/c1-9(2)17-14-6-11-4-5-16-8-10(3)12(11)7-13(14)15/h6-7,9-10,16H,4-5,8H2,1-3H3/t10-/m0/s1. The highest BCUT2D eigenvalue weighted by molar-refractivity contribution is 9.10. The Labute approximate surface area is 112 Å². The van der Waals surface area contributed by atoms with E-state index in [2.05, 4.69) is 54.2 Å². The summed E-state index contributed by atoms with van der Waals surface area (Å²) in [4.78, 5) is 0. The van der Waals surface area contributed by atoms with Gasteiger partial charge in [-0.05, 0) is 71.9 Å². The van der Waals surface area contributed by atoms with E-state index in [-0.39, 0.29) is 6.10 Å². The summed E-state index contributed by atoms with van der Waals surface area (Å²) in [7, 11) is 0. The van der Waals surface area contributed by atoms with Crippen molar-refractivity contribution in [2.75, 3.05) is 13.1 Å². The smallest absolute Gasteiger partial charge is 0.134 e. The van der Waals surface area contributed by atoms with Crippen LogP contribution in [0, 0.1) is 0 Å². The van der Waals surface area contributed by atoms with Crippen molar-refractivity contribution in [3.63, 3.8) is 0 Å². The molecule has 0 bridgehead atoms. The maximum Gasteiger partial charge on any atom is 0.134 e. The lowest BCUT2D eigenvalue weighted by atomic mass is 9.95. The molecule has 1 heterocycles. The summed E-state index contributed by atoms with van der Waals surface area (Å²) in [5, 5.41) is 3.47. The quantitative estimate of drug-likeness (QED) is 0.902. The minimum Gasteiger partial charge on any atom is -0.490 e. The molecular formula is C14H20BrNO. The first-order valence-corrected chi connectivity index (χ1v) is 7.07. The van der Waals surface area contributed by atoms with Crippen LogP contribution in [0.3, 0.4) is 0 Å². The zero-order valence-electron chi connectivity index (χ0n) is 10.7. The van der Waals surface area contributed by atoms with Crippen molar-refractivity contribution in [3.05, 3.63) is 27.7 Å². The maximum absolute atomic E-state index is 5.82. The normalized spacial score (nSPS) is 19.9. The Kier molecular flexibility index (Phi) is 4.10.